The molecule has 0 bridgehead atoms. The van der Waals surface area contributed by atoms with E-state index in [-0.39, 0.29) is 37.3 Å². The maximum atomic E-state index is 12.3. The number of carbonyl (C=O) groups excluding carboxylic acids is 2. The van der Waals surface area contributed by atoms with Gasteiger partial charge in [-0.1, -0.05) is 20.5 Å². The molecule has 0 saturated carbocycles. The molecule has 0 amide bonds. The van der Waals surface area contributed by atoms with Crippen LogP contribution >= 0.6 is 0 Å². The van der Waals surface area contributed by atoms with Crippen LogP contribution in [0.3, 0.4) is 0 Å². The fourth-order valence-electron chi connectivity index (χ4n) is 1.88. The van der Waals surface area contributed by atoms with Crippen LogP contribution in [0.4, 0.5) is 0 Å². The van der Waals surface area contributed by atoms with Crippen molar-refractivity contribution in [2.75, 3.05) is 26.2 Å². The van der Waals surface area contributed by atoms with Crippen molar-refractivity contribution >= 4 is 11.9 Å². The first-order chi connectivity index (χ1) is 14.5. The Balaban J connectivity index is 2.92. The number of azide groups is 4. The zero-order valence-electron chi connectivity index (χ0n) is 15.2. The highest BCUT2D eigenvalue weighted by molar-refractivity contribution is 5.94. The summed E-state index contributed by atoms with van der Waals surface area (Å²) in [6, 6.07) is 1.13. The molecule has 0 radical (unpaired) electrons. The van der Waals surface area contributed by atoms with Crippen molar-refractivity contribution in [1.29, 1.82) is 0 Å². The molecule has 0 spiro atoms. The first kappa shape index (κ1) is 23.4. The van der Waals surface area contributed by atoms with E-state index in [1.54, 1.807) is 0 Å². The minimum atomic E-state index is -1.02. The summed E-state index contributed by atoms with van der Waals surface area (Å²) in [6.07, 6.45) is 0.206. The monoisotopic (exact) mass is 415 g/mol. The van der Waals surface area contributed by atoms with Crippen molar-refractivity contribution in [2.45, 2.75) is 12.2 Å². The highest BCUT2D eigenvalue weighted by Crippen LogP contribution is 2.10. The predicted octanol–water partition coefficient (Wildman–Crippen LogP) is 3.37. The third-order valence-electron chi connectivity index (χ3n) is 3.15. The summed E-state index contributed by atoms with van der Waals surface area (Å²) >= 11 is 0. The number of nitrogens with zero attached hydrogens (tertiary/aromatic N) is 13. The Kier molecular flexibility index (Phi) is 10.5. The number of hydrogen-bond donors (Lipinski definition) is 0. The molecular formula is C13H13N13O4. The van der Waals surface area contributed by atoms with Crippen LogP contribution in [0.2, 0.25) is 0 Å². The Morgan fingerprint density at radius 2 is 1.10 bits per heavy atom. The Bertz CT molecular complexity index is 842. The van der Waals surface area contributed by atoms with Gasteiger partial charge in [0.25, 0.3) is 0 Å². The number of hydrogen-bond acceptors (Lipinski definition) is 9. The van der Waals surface area contributed by atoms with Gasteiger partial charge in [-0.3, -0.25) is 4.98 Å². The van der Waals surface area contributed by atoms with Gasteiger partial charge in [0.1, 0.15) is 12.2 Å². The summed E-state index contributed by atoms with van der Waals surface area (Å²) in [5.74, 6) is -1.83. The van der Waals surface area contributed by atoms with Gasteiger partial charge in [0.05, 0.1) is 37.3 Å². The number of carbonyl (C=O) groups is 2. The lowest BCUT2D eigenvalue weighted by Crippen LogP contribution is -2.25. The van der Waals surface area contributed by atoms with Gasteiger partial charge in [0, 0.05) is 32.0 Å². The average Bonchev–Trinajstić information content (AvgIpc) is 2.77. The first-order valence-corrected chi connectivity index (χ1v) is 7.96. The SMILES string of the molecule is [N-]=[N+]=NCC(CN=[N+]=[N-])OC(=O)c1cncc(C(=O)OC(CN=[N+]=[N-])CN=[N+]=[N-])c1. The molecule has 154 valence electrons. The predicted molar refractivity (Wildman–Crippen MR) is 98.7 cm³/mol. The van der Waals surface area contributed by atoms with E-state index < -0.39 is 24.1 Å². The molecule has 0 atom stereocenters. The lowest BCUT2D eigenvalue weighted by Gasteiger charge is -2.15. The normalized spacial score (nSPS) is 11.2. The number of pyridine rings is 1. The van der Waals surface area contributed by atoms with Crippen LogP contribution in [0.15, 0.2) is 38.9 Å². The van der Waals surface area contributed by atoms with Gasteiger partial charge in [-0.15, -0.1) is 0 Å². The minimum absolute atomic E-state index is 0.127. The smallest absolute Gasteiger partial charge is 0.339 e. The van der Waals surface area contributed by atoms with E-state index >= 15 is 0 Å². The molecule has 0 aliphatic heterocycles. The quantitative estimate of drug-likeness (QED) is 0.214. The Hall–Kier alpha value is -4.67. The lowest BCUT2D eigenvalue weighted by molar-refractivity contribution is 0.0336. The van der Waals surface area contributed by atoms with Crippen LogP contribution in [0.5, 0.6) is 0 Å². The molecule has 0 aliphatic rings. The molecule has 1 aromatic heterocycles. The van der Waals surface area contributed by atoms with Crippen LogP contribution in [0, 0.1) is 0 Å². The van der Waals surface area contributed by atoms with Gasteiger partial charge in [0.15, 0.2) is 0 Å². The molecule has 30 heavy (non-hydrogen) atoms. The van der Waals surface area contributed by atoms with Crippen LogP contribution in [-0.2, 0) is 9.47 Å². The van der Waals surface area contributed by atoms with E-state index in [0.717, 1.165) is 18.5 Å². The number of esters is 2. The highest BCUT2D eigenvalue weighted by Gasteiger charge is 2.19. The maximum absolute atomic E-state index is 12.3. The van der Waals surface area contributed by atoms with Gasteiger partial charge in [0.2, 0.25) is 0 Å². The van der Waals surface area contributed by atoms with Gasteiger partial charge in [-0.2, -0.15) is 0 Å². The van der Waals surface area contributed by atoms with E-state index in [1.807, 2.05) is 0 Å². The molecule has 17 heteroatoms. The molecule has 1 rings (SSSR count). The zero-order chi connectivity index (χ0) is 22.2. The second kappa shape index (κ2) is 13.5. The summed E-state index contributed by atoms with van der Waals surface area (Å²) in [4.78, 5) is 38.4. The van der Waals surface area contributed by atoms with Crippen LogP contribution in [0.1, 0.15) is 20.7 Å². The summed E-state index contributed by atoms with van der Waals surface area (Å²) in [5, 5.41) is 13.0. The van der Waals surface area contributed by atoms with Crippen LogP contribution < -0.4 is 0 Å². The van der Waals surface area contributed by atoms with Gasteiger partial charge < -0.3 is 9.47 Å². The highest BCUT2D eigenvalue weighted by atomic mass is 16.5. The number of rotatable bonds is 12. The summed E-state index contributed by atoms with van der Waals surface area (Å²) in [5.41, 5.74) is 33.2. The number of aromatic nitrogens is 1. The Morgan fingerprint density at radius 3 is 1.40 bits per heavy atom. The second-order valence-electron chi connectivity index (χ2n) is 5.17. The Morgan fingerprint density at radius 1 is 0.767 bits per heavy atom. The van der Waals surface area contributed by atoms with Gasteiger partial charge in [-0.05, 0) is 28.2 Å². The van der Waals surface area contributed by atoms with Crippen molar-refractivity contribution in [3.8, 4) is 0 Å². The summed E-state index contributed by atoms with van der Waals surface area (Å²) < 4.78 is 10.2. The van der Waals surface area contributed by atoms with E-state index in [9.17, 15) is 9.59 Å². The van der Waals surface area contributed by atoms with Gasteiger partial charge >= 0.3 is 11.9 Å². The molecule has 0 N–H and O–H groups in total. The fourth-order valence-corrected chi connectivity index (χ4v) is 1.88. The molecule has 0 aromatic carbocycles. The molecule has 17 nitrogen and oxygen atoms in total. The minimum Gasteiger partial charge on any atom is -0.458 e. The molecule has 0 unspecified atom stereocenters. The molecule has 0 saturated heterocycles. The zero-order valence-corrected chi connectivity index (χ0v) is 15.2. The van der Waals surface area contributed by atoms with Crippen LogP contribution in [-0.4, -0.2) is 55.3 Å². The third kappa shape index (κ3) is 8.35. The average molecular weight is 415 g/mol. The topological polar surface area (TPSA) is 261 Å². The van der Waals surface area contributed by atoms with Crippen molar-refractivity contribution in [3.63, 3.8) is 0 Å². The molecule has 0 fully saturated rings. The first-order valence-electron chi connectivity index (χ1n) is 7.96. The largest absolute Gasteiger partial charge is 0.458 e. The second-order valence-corrected chi connectivity index (χ2v) is 5.17. The van der Waals surface area contributed by atoms with E-state index in [0.29, 0.717) is 0 Å². The molecule has 1 aromatic rings. The third-order valence-corrected chi connectivity index (χ3v) is 3.15. The van der Waals surface area contributed by atoms with E-state index in [4.69, 9.17) is 31.6 Å². The van der Waals surface area contributed by atoms with Crippen molar-refractivity contribution in [1.82, 2.24) is 4.98 Å². The molecule has 0 aliphatic carbocycles. The van der Waals surface area contributed by atoms with Gasteiger partial charge in [-0.25, -0.2) is 9.59 Å². The van der Waals surface area contributed by atoms with Crippen molar-refractivity contribution in [2.24, 2.45) is 20.5 Å². The Labute approximate surface area is 167 Å². The van der Waals surface area contributed by atoms with E-state index in [1.165, 1.54) is 0 Å². The van der Waals surface area contributed by atoms with Crippen molar-refractivity contribution < 1.29 is 19.1 Å². The lowest BCUT2D eigenvalue weighted by atomic mass is 10.2. The van der Waals surface area contributed by atoms with Crippen molar-refractivity contribution in [3.05, 3.63) is 71.4 Å². The summed E-state index contributed by atoms with van der Waals surface area (Å²) in [6.45, 7) is -1.07. The van der Waals surface area contributed by atoms with Crippen LogP contribution in [0.25, 0.3) is 41.8 Å². The maximum Gasteiger partial charge on any atom is 0.339 e. The standard InChI is InChI=1S/C13H13N13O4/c14-23-19-4-10(5-20-24-15)29-12(27)8-1-9(3-18-2-8)13(28)30-11(6-21-25-16)7-22-26-17/h1-3,10-11H,4-7H2. The summed E-state index contributed by atoms with van der Waals surface area (Å²) in [7, 11) is 0. The number of ether oxygens (including phenoxy) is 2. The fraction of sp³-hybridized carbons (Fsp3) is 0.462. The van der Waals surface area contributed by atoms with E-state index in [2.05, 4.69) is 45.1 Å². The molecule has 1 heterocycles. The molecular weight excluding hydrogens is 402 g/mol.